The molecule has 0 bridgehead atoms. The number of hydrogen-bond donors (Lipinski definition) is 1. The van der Waals surface area contributed by atoms with Gasteiger partial charge in [-0.1, -0.05) is 44.0 Å². The van der Waals surface area contributed by atoms with Gasteiger partial charge in [-0.25, -0.2) is 0 Å². The molecule has 0 spiro atoms. The lowest BCUT2D eigenvalue weighted by atomic mass is 9.93. The molecule has 1 aromatic carbocycles. The molecule has 0 fully saturated rings. The lowest BCUT2D eigenvalue weighted by molar-refractivity contribution is 0.457. The second-order valence-corrected chi connectivity index (χ2v) is 3.90. The summed E-state index contributed by atoms with van der Waals surface area (Å²) >= 11 is 5.79. The number of hydrogen-bond acceptors (Lipinski definition) is 1. The minimum Gasteiger partial charge on any atom is -0.324 e. The molecule has 0 saturated carbocycles. The van der Waals surface area contributed by atoms with Gasteiger partial charge >= 0.3 is 0 Å². The van der Waals surface area contributed by atoms with E-state index in [1.807, 2.05) is 24.3 Å². The maximum atomic E-state index is 6.06. The first-order valence-electron chi connectivity index (χ1n) is 4.66. The number of rotatable bonds is 3. The average molecular weight is 198 g/mol. The second kappa shape index (κ2) is 4.64. The van der Waals surface area contributed by atoms with E-state index in [0.29, 0.717) is 5.92 Å². The summed E-state index contributed by atoms with van der Waals surface area (Å²) in [6.07, 6.45) is 1.10. The summed E-state index contributed by atoms with van der Waals surface area (Å²) in [6, 6.07) is 7.90. The summed E-state index contributed by atoms with van der Waals surface area (Å²) in [4.78, 5) is 0. The second-order valence-electron chi connectivity index (χ2n) is 3.46. The normalized spacial score (nSPS) is 15.4. The van der Waals surface area contributed by atoms with E-state index in [9.17, 15) is 0 Å². The molecular weight excluding hydrogens is 182 g/mol. The maximum absolute atomic E-state index is 6.06. The summed E-state index contributed by atoms with van der Waals surface area (Å²) < 4.78 is 0. The third-order valence-electron chi connectivity index (χ3n) is 2.51. The molecular formula is C11H16ClN. The summed E-state index contributed by atoms with van der Waals surface area (Å²) in [7, 11) is 0. The van der Waals surface area contributed by atoms with Crippen molar-refractivity contribution in [3.8, 4) is 0 Å². The summed E-state index contributed by atoms with van der Waals surface area (Å²) in [5, 5.41) is 0.764. The number of halogens is 1. The first-order valence-corrected chi connectivity index (χ1v) is 5.04. The Bertz CT molecular complexity index is 255. The quantitative estimate of drug-likeness (QED) is 0.790. The van der Waals surface area contributed by atoms with Crippen LogP contribution in [-0.4, -0.2) is 0 Å². The Kier molecular flexibility index (Phi) is 3.76. The van der Waals surface area contributed by atoms with Gasteiger partial charge < -0.3 is 5.73 Å². The lowest BCUT2D eigenvalue weighted by Gasteiger charge is -2.18. The van der Waals surface area contributed by atoms with Gasteiger partial charge in [0.05, 0.1) is 0 Å². The Morgan fingerprint density at radius 1 is 1.31 bits per heavy atom. The third-order valence-corrected chi connectivity index (χ3v) is 2.76. The van der Waals surface area contributed by atoms with Crippen molar-refractivity contribution in [2.24, 2.45) is 11.7 Å². The van der Waals surface area contributed by atoms with Gasteiger partial charge in [0, 0.05) is 11.1 Å². The zero-order chi connectivity index (χ0) is 9.84. The highest BCUT2D eigenvalue weighted by Gasteiger charge is 2.12. The molecule has 2 N–H and O–H groups in total. The van der Waals surface area contributed by atoms with Crippen molar-refractivity contribution in [1.82, 2.24) is 0 Å². The van der Waals surface area contributed by atoms with E-state index < -0.39 is 0 Å². The van der Waals surface area contributed by atoms with Crippen molar-refractivity contribution in [2.45, 2.75) is 26.3 Å². The van der Waals surface area contributed by atoms with Crippen LogP contribution < -0.4 is 5.73 Å². The third kappa shape index (κ3) is 2.71. The van der Waals surface area contributed by atoms with Gasteiger partial charge in [0.1, 0.15) is 0 Å². The van der Waals surface area contributed by atoms with E-state index in [1.54, 1.807) is 0 Å². The van der Waals surface area contributed by atoms with E-state index in [2.05, 4.69) is 13.8 Å². The van der Waals surface area contributed by atoms with Crippen LogP contribution in [0.5, 0.6) is 0 Å². The van der Waals surface area contributed by atoms with Gasteiger partial charge in [0.25, 0.3) is 0 Å². The van der Waals surface area contributed by atoms with Crippen molar-refractivity contribution in [3.05, 3.63) is 34.9 Å². The fraction of sp³-hybridized carbons (Fsp3) is 0.455. The maximum Gasteiger partial charge on any atom is 0.0406 e. The van der Waals surface area contributed by atoms with Gasteiger partial charge in [0.15, 0.2) is 0 Å². The Labute approximate surface area is 84.9 Å². The van der Waals surface area contributed by atoms with E-state index in [0.717, 1.165) is 11.4 Å². The van der Waals surface area contributed by atoms with E-state index in [4.69, 9.17) is 17.3 Å². The average Bonchev–Trinajstić information content (AvgIpc) is 2.17. The van der Waals surface area contributed by atoms with Crippen LogP contribution in [0.25, 0.3) is 0 Å². The van der Waals surface area contributed by atoms with Crippen LogP contribution >= 0.6 is 11.6 Å². The first-order chi connectivity index (χ1) is 6.15. The minimum absolute atomic E-state index is 0.127. The van der Waals surface area contributed by atoms with Crippen LogP contribution in [0.3, 0.4) is 0 Å². The lowest BCUT2D eigenvalue weighted by Crippen LogP contribution is -2.18. The Morgan fingerprint density at radius 3 is 2.31 bits per heavy atom. The molecule has 0 aliphatic carbocycles. The highest BCUT2D eigenvalue weighted by Crippen LogP contribution is 2.22. The van der Waals surface area contributed by atoms with Crippen molar-refractivity contribution < 1.29 is 0 Å². The van der Waals surface area contributed by atoms with E-state index >= 15 is 0 Å². The Hall–Kier alpha value is -0.530. The molecule has 0 amide bonds. The van der Waals surface area contributed by atoms with Crippen LogP contribution in [0.15, 0.2) is 24.3 Å². The predicted octanol–water partition coefficient (Wildman–Crippen LogP) is 3.39. The monoisotopic (exact) mass is 197 g/mol. The Balaban J connectivity index is 2.77. The standard InChI is InChI=1S/C11H16ClN/c1-3-8(2)11(13)9-4-6-10(12)7-5-9/h4-8,11H,3,13H2,1-2H3/t8-,11+/m1/s1. The topological polar surface area (TPSA) is 26.0 Å². The molecule has 13 heavy (non-hydrogen) atoms. The molecule has 1 rings (SSSR count). The van der Waals surface area contributed by atoms with Crippen LogP contribution in [0, 0.1) is 5.92 Å². The summed E-state index contributed by atoms with van der Waals surface area (Å²) in [5.41, 5.74) is 7.22. The molecule has 0 radical (unpaired) electrons. The van der Waals surface area contributed by atoms with E-state index in [1.165, 1.54) is 5.56 Å². The van der Waals surface area contributed by atoms with Crippen molar-refractivity contribution in [2.75, 3.05) is 0 Å². The minimum atomic E-state index is 0.127. The molecule has 0 saturated heterocycles. The molecule has 1 nitrogen and oxygen atoms in total. The SMILES string of the molecule is CC[C@@H](C)[C@H](N)c1ccc(Cl)cc1. The van der Waals surface area contributed by atoms with Crippen molar-refractivity contribution in [1.29, 1.82) is 0 Å². The van der Waals surface area contributed by atoms with Gasteiger partial charge in [-0.3, -0.25) is 0 Å². The molecule has 2 heteroatoms. The number of benzene rings is 1. The fourth-order valence-electron chi connectivity index (χ4n) is 1.27. The first kappa shape index (κ1) is 10.6. The Morgan fingerprint density at radius 2 is 1.85 bits per heavy atom. The van der Waals surface area contributed by atoms with Gasteiger partial charge in [0.2, 0.25) is 0 Å². The van der Waals surface area contributed by atoms with Crippen molar-refractivity contribution in [3.63, 3.8) is 0 Å². The highest BCUT2D eigenvalue weighted by molar-refractivity contribution is 6.30. The van der Waals surface area contributed by atoms with E-state index in [-0.39, 0.29) is 6.04 Å². The number of nitrogens with two attached hydrogens (primary N) is 1. The van der Waals surface area contributed by atoms with Gasteiger partial charge in [-0.2, -0.15) is 0 Å². The molecule has 72 valence electrons. The molecule has 2 atom stereocenters. The zero-order valence-electron chi connectivity index (χ0n) is 8.13. The predicted molar refractivity (Wildman–Crippen MR) is 57.8 cm³/mol. The van der Waals surface area contributed by atoms with Crippen LogP contribution in [0.2, 0.25) is 5.02 Å². The molecule has 0 aliphatic heterocycles. The molecule has 0 heterocycles. The fourth-order valence-corrected chi connectivity index (χ4v) is 1.39. The smallest absolute Gasteiger partial charge is 0.0406 e. The van der Waals surface area contributed by atoms with Gasteiger partial charge in [-0.15, -0.1) is 0 Å². The summed E-state index contributed by atoms with van der Waals surface area (Å²) in [5.74, 6) is 0.515. The highest BCUT2D eigenvalue weighted by atomic mass is 35.5. The van der Waals surface area contributed by atoms with Gasteiger partial charge in [-0.05, 0) is 23.6 Å². The molecule has 1 aromatic rings. The van der Waals surface area contributed by atoms with Crippen LogP contribution in [0.1, 0.15) is 31.9 Å². The van der Waals surface area contributed by atoms with Crippen molar-refractivity contribution >= 4 is 11.6 Å². The van der Waals surface area contributed by atoms with Crippen LogP contribution in [-0.2, 0) is 0 Å². The zero-order valence-corrected chi connectivity index (χ0v) is 8.88. The largest absolute Gasteiger partial charge is 0.324 e. The van der Waals surface area contributed by atoms with Crippen LogP contribution in [0.4, 0.5) is 0 Å². The molecule has 0 unspecified atom stereocenters. The molecule has 0 aliphatic rings. The molecule has 0 aromatic heterocycles. The summed E-state index contributed by atoms with van der Waals surface area (Å²) in [6.45, 7) is 4.32.